The maximum atomic E-state index is 4.77. The van der Waals surface area contributed by atoms with Gasteiger partial charge in [0, 0.05) is 30.9 Å². The van der Waals surface area contributed by atoms with Crippen molar-refractivity contribution in [1.82, 2.24) is 4.98 Å². The molecule has 0 radical (unpaired) electrons. The average molecular weight is 470 g/mol. The molecule has 3 heteroatoms. The number of pyridine rings is 1. The summed E-state index contributed by atoms with van der Waals surface area (Å²) >= 11 is 3.83. The van der Waals surface area contributed by atoms with Gasteiger partial charge in [-0.25, -0.2) is 0 Å². The van der Waals surface area contributed by atoms with Crippen LogP contribution >= 0.6 is 22.7 Å². The highest BCUT2D eigenvalue weighted by Gasteiger charge is 2.19. The van der Waals surface area contributed by atoms with E-state index in [0.29, 0.717) is 5.41 Å². The van der Waals surface area contributed by atoms with Gasteiger partial charge in [0.25, 0.3) is 0 Å². The van der Waals surface area contributed by atoms with Crippen LogP contribution in [0.3, 0.4) is 0 Å². The summed E-state index contributed by atoms with van der Waals surface area (Å²) in [5.74, 6) is 0. The van der Waals surface area contributed by atoms with Crippen LogP contribution in [-0.2, 0) is 11.8 Å². The first-order valence-corrected chi connectivity index (χ1v) is 13.2. The third-order valence-corrected chi connectivity index (χ3v) is 8.32. The largest absolute Gasteiger partial charge is 0.256 e. The summed E-state index contributed by atoms with van der Waals surface area (Å²) in [6.45, 7) is 13.8. The first kappa shape index (κ1) is 22.3. The van der Waals surface area contributed by atoms with Crippen LogP contribution in [-0.4, -0.2) is 4.98 Å². The van der Waals surface area contributed by atoms with Crippen LogP contribution in [0.2, 0.25) is 0 Å². The van der Waals surface area contributed by atoms with Crippen LogP contribution in [0, 0.1) is 5.41 Å². The second kappa shape index (κ2) is 8.07. The standard InChI is InChI=1S/C30H31NS2/c1-29(2,3)18-22-16-27-28(32-22)17-26(33-27)20-11-12-31-25(15-20)21-13-19-9-7-8-10-23(19)24(14-21)30(4,5)6/h7-17H,18H2,1-6H3. The Morgan fingerprint density at radius 1 is 0.758 bits per heavy atom. The Morgan fingerprint density at radius 2 is 1.52 bits per heavy atom. The molecule has 3 heterocycles. The molecule has 0 fully saturated rings. The van der Waals surface area contributed by atoms with Gasteiger partial charge >= 0.3 is 0 Å². The zero-order valence-corrected chi connectivity index (χ0v) is 22.0. The number of hydrogen-bond donors (Lipinski definition) is 0. The van der Waals surface area contributed by atoms with E-state index in [1.807, 2.05) is 28.9 Å². The molecular formula is C30H31NS2. The van der Waals surface area contributed by atoms with E-state index in [0.717, 1.165) is 12.1 Å². The third-order valence-electron chi connectivity index (χ3n) is 5.97. The topological polar surface area (TPSA) is 12.9 Å². The number of hydrogen-bond acceptors (Lipinski definition) is 3. The van der Waals surface area contributed by atoms with Gasteiger partial charge in [-0.2, -0.15) is 0 Å². The van der Waals surface area contributed by atoms with Gasteiger partial charge in [0.2, 0.25) is 0 Å². The van der Waals surface area contributed by atoms with Gasteiger partial charge in [-0.3, -0.25) is 4.98 Å². The summed E-state index contributed by atoms with van der Waals surface area (Å²) in [7, 11) is 0. The van der Waals surface area contributed by atoms with Gasteiger partial charge in [0.05, 0.1) is 5.69 Å². The van der Waals surface area contributed by atoms with Crippen molar-refractivity contribution in [2.45, 2.75) is 53.4 Å². The smallest absolute Gasteiger partial charge is 0.0708 e. The molecule has 0 amide bonds. The molecular weight excluding hydrogens is 438 g/mol. The zero-order valence-electron chi connectivity index (χ0n) is 20.3. The molecule has 3 aromatic heterocycles. The molecule has 0 saturated carbocycles. The Labute approximate surface area is 205 Å². The minimum Gasteiger partial charge on any atom is -0.256 e. The lowest BCUT2D eigenvalue weighted by Crippen LogP contribution is -2.12. The van der Waals surface area contributed by atoms with Crippen molar-refractivity contribution in [2.75, 3.05) is 0 Å². The first-order chi connectivity index (χ1) is 15.6. The van der Waals surface area contributed by atoms with E-state index in [1.54, 1.807) is 0 Å². The van der Waals surface area contributed by atoms with Gasteiger partial charge < -0.3 is 0 Å². The summed E-state index contributed by atoms with van der Waals surface area (Å²) < 4.78 is 2.79. The van der Waals surface area contributed by atoms with Crippen LogP contribution in [0.5, 0.6) is 0 Å². The second-order valence-corrected chi connectivity index (χ2v) is 13.5. The van der Waals surface area contributed by atoms with E-state index in [2.05, 4.69) is 102 Å². The number of fused-ring (bicyclic) bond motifs is 2. The molecule has 0 aliphatic heterocycles. The van der Waals surface area contributed by atoms with E-state index in [-0.39, 0.29) is 5.41 Å². The summed E-state index contributed by atoms with van der Waals surface area (Å²) in [4.78, 5) is 7.57. The predicted molar refractivity (Wildman–Crippen MR) is 148 cm³/mol. The molecule has 0 saturated heterocycles. The molecule has 1 nitrogen and oxygen atoms in total. The molecule has 0 bridgehead atoms. The number of rotatable bonds is 3. The Hall–Kier alpha value is -2.49. The van der Waals surface area contributed by atoms with Crippen molar-refractivity contribution in [3.63, 3.8) is 0 Å². The molecule has 2 aromatic carbocycles. The number of aromatic nitrogens is 1. The Kier molecular flexibility index (Phi) is 5.46. The van der Waals surface area contributed by atoms with Crippen molar-refractivity contribution in [3.8, 4) is 21.7 Å². The molecule has 0 spiro atoms. The average Bonchev–Trinajstić information content (AvgIpc) is 3.29. The molecule has 0 aliphatic rings. The fourth-order valence-electron chi connectivity index (χ4n) is 4.46. The van der Waals surface area contributed by atoms with Gasteiger partial charge in [-0.15, -0.1) is 22.7 Å². The normalized spacial score (nSPS) is 12.7. The van der Waals surface area contributed by atoms with Crippen LogP contribution < -0.4 is 0 Å². The van der Waals surface area contributed by atoms with Gasteiger partial charge in [0.15, 0.2) is 0 Å². The molecule has 5 rings (SSSR count). The summed E-state index contributed by atoms with van der Waals surface area (Å²) in [5.41, 5.74) is 5.22. The van der Waals surface area contributed by atoms with E-state index < -0.39 is 0 Å². The highest BCUT2D eigenvalue weighted by atomic mass is 32.1. The van der Waals surface area contributed by atoms with Crippen LogP contribution in [0.25, 0.3) is 41.9 Å². The van der Waals surface area contributed by atoms with E-state index >= 15 is 0 Å². The molecule has 0 N–H and O–H groups in total. The Morgan fingerprint density at radius 3 is 2.24 bits per heavy atom. The van der Waals surface area contributed by atoms with Crippen molar-refractivity contribution in [3.05, 3.63) is 77.3 Å². The molecule has 33 heavy (non-hydrogen) atoms. The second-order valence-electron chi connectivity index (χ2n) is 11.2. The lowest BCUT2D eigenvalue weighted by Gasteiger charge is -2.22. The van der Waals surface area contributed by atoms with Crippen LogP contribution in [0.1, 0.15) is 52.0 Å². The van der Waals surface area contributed by atoms with E-state index in [4.69, 9.17) is 4.98 Å². The van der Waals surface area contributed by atoms with E-state index in [1.165, 1.54) is 46.6 Å². The number of benzene rings is 2. The van der Waals surface area contributed by atoms with Crippen molar-refractivity contribution in [1.29, 1.82) is 0 Å². The molecule has 5 aromatic rings. The quantitative estimate of drug-likeness (QED) is 0.256. The molecule has 0 unspecified atom stereocenters. The first-order valence-electron chi connectivity index (χ1n) is 11.6. The van der Waals surface area contributed by atoms with Crippen molar-refractivity contribution < 1.29 is 0 Å². The number of thiophene rings is 2. The van der Waals surface area contributed by atoms with Crippen LogP contribution in [0.4, 0.5) is 0 Å². The van der Waals surface area contributed by atoms with Gasteiger partial charge in [0.1, 0.15) is 0 Å². The lowest BCUT2D eigenvalue weighted by molar-refractivity contribution is 0.415. The highest BCUT2D eigenvalue weighted by Crippen LogP contribution is 2.41. The fourth-order valence-corrected chi connectivity index (χ4v) is 7.18. The Balaban J connectivity index is 1.55. The number of nitrogens with zero attached hydrogens (tertiary/aromatic N) is 1. The minimum absolute atomic E-state index is 0.0656. The fraction of sp³-hybridized carbons (Fsp3) is 0.300. The third kappa shape index (κ3) is 4.62. The van der Waals surface area contributed by atoms with Crippen LogP contribution in [0.15, 0.2) is 66.9 Å². The highest BCUT2D eigenvalue weighted by molar-refractivity contribution is 7.29. The molecule has 0 aliphatic carbocycles. The summed E-state index contributed by atoms with van der Waals surface area (Å²) in [5, 5.41) is 2.60. The zero-order chi connectivity index (χ0) is 23.4. The monoisotopic (exact) mass is 469 g/mol. The van der Waals surface area contributed by atoms with Crippen molar-refractivity contribution >= 4 is 42.8 Å². The Bertz CT molecular complexity index is 1420. The summed E-state index contributed by atoms with van der Waals surface area (Å²) in [6, 6.07) is 22.4. The molecule has 168 valence electrons. The van der Waals surface area contributed by atoms with Gasteiger partial charge in [-0.1, -0.05) is 65.8 Å². The minimum atomic E-state index is 0.0656. The lowest BCUT2D eigenvalue weighted by atomic mass is 9.82. The summed E-state index contributed by atoms with van der Waals surface area (Å²) in [6.07, 6.45) is 3.08. The van der Waals surface area contributed by atoms with Gasteiger partial charge in [-0.05, 0) is 75.5 Å². The van der Waals surface area contributed by atoms with Crippen molar-refractivity contribution in [2.24, 2.45) is 5.41 Å². The SMILES string of the molecule is CC(C)(C)Cc1cc2sc(-c3ccnc(-c4cc(C(C)(C)C)c5ccccc5c4)c3)cc2s1. The maximum absolute atomic E-state index is 4.77. The predicted octanol–water partition coefficient (Wildman–Crippen LogP) is 9.73. The molecule has 0 atom stereocenters. The van der Waals surface area contributed by atoms with E-state index in [9.17, 15) is 0 Å². The maximum Gasteiger partial charge on any atom is 0.0708 e.